The molecule has 0 aliphatic carbocycles. The number of hydrogen-bond acceptors (Lipinski definition) is 2. The fourth-order valence-corrected chi connectivity index (χ4v) is 2.71. The van der Waals surface area contributed by atoms with Crippen LogP contribution in [0.3, 0.4) is 0 Å². The summed E-state index contributed by atoms with van der Waals surface area (Å²) in [4.78, 5) is 16.1. The number of ketones is 1. The number of benzene rings is 2. The van der Waals surface area contributed by atoms with Crippen LogP contribution in [0.25, 0.3) is 22.0 Å². The van der Waals surface area contributed by atoms with Crippen molar-refractivity contribution in [3.8, 4) is 11.3 Å². The van der Waals surface area contributed by atoms with Crippen molar-refractivity contribution in [2.45, 2.75) is 20.8 Å². The number of rotatable bonds is 2. The number of Topliss-reactive ketones (excluding diaryl/α,β-unsaturated/α-hetero) is 1. The number of fused-ring (bicyclic) bond motifs is 1. The maximum absolute atomic E-state index is 11.4. The Morgan fingerprint density at radius 3 is 2.14 bits per heavy atom. The standard InChI is InChI=1S/C19H17NO/c1-12-17-6-4-5-7-18(17)13(2)20-19(12)16-10-8-15(9-11-16)14(3)21/h4-11H,1-3H3. The molecule has 0 aliphatic rings. The van der Waals surface area contributed by atoms with Crippen LogP contribution in [0, 0.1) is 13.8 Å². The van der Waals surface area contributed by atoms with E-state index in [0.717, 1.165) is 22.5 Å². The van der Waals surface area contributed by atoms with Gasteiger partial charge in [-0.1, -0.05) is 48.5 Å². The van der Waals surface area contributed by atoms with Gasteiger partial charge in [0.05, 0.1) is 5.69 Å². The van der Waals surface area contributed by atoms with Crippen molar-refractivity contribution in [3.05, 3.63) is 65.4 Å². The minimum absolute atomic E-state index is 0.0842. The molecule has 1 heterocycles. The van der Waals surface area contributed by atoms with Gasteiger partial charge in [0.1, 0.15) is 0 Å². The minimum Gasteiger partial charge on any atom is -0.295 e. The van der Waals surface area contributed by atoms with E-state index in [1.54, 1.807) is 6.92 Å². The van der Waals surface area contributed by atoms with Gasteiger partial charge in [0.25, 0.3) is 0 Å². The maximum Gasteiger partial charge on any atom is 0.159 e. The second-order valence-corrected chi connectivity index (χ2v) is 5.35. The van der Waals surface area contributed by atoms with Gasteiger partial charge in [-0.15, -0.1) is 0 Å². The van der Waals surface area contributed by atoms with Crippen LogP contribution in [-0.2, 0) is 0 Å². The molecule has 0 radical (unpaired) electrons. The highest BCUT2D eigenvalue weighted by molar-refractivity contribution is 5.95. The molecule has 2 aromatic carbocycles. The first-order chi connectivity index (χ1) is 10.1. The summed E-state index contributed by atoms with van der Waals surface area (Å²) in [5.41, 5.74) is 4.97. The molecule has 0 N–H and O–H groups in total. The van der Waals surface area contributed by atoms with Crippen molar-refractivity contribution >= 4 is 16.6 Å². The average Bonchev–Trinajstić information content (AvgIpc) is 2.51. The molecule has 0 saturated carbocycles. The van der Waals surface area contributed by atoms with Crippen LogP contribution >= 0.6 is 0 Å². The van der Waals surface area contributed by atoms with Crippen LogP contribution < -0.4 is 0 Å². The Morgan fingerprint density at radius 2 is 1.52 bits per heavy atom. The SMILES string of the molecule is CC(=O)c1ccc(-c2nc(C)c3ccccc3c2C)cc1. The van der Waals surface area contributed by atoms with Gasteiger partial charge >= 0.3 is 0 Å². The topological polar surface area (TPSA) is 30.0 Å². The summed E-state index contributed by atoms with van der Waals surface area (Å²) >= 11 is 0. The quantitative estimate of drug-likeness (QED) is 0.633. The van der Waals surface area contributed by atoms with Crippen LogP contribution in [-0.4, -0.2) is 10.8 Å². The highest BCUT2D eigenvalue weighted by atomic mass is 16.1. The van der Waals surface area contributed by atoms with E-state index in [0.29, 0.717) is 0 Å². The van der Waals surface area contributed by atoms with E-state index in [4.69, 9.17) is 4.98 Å². The summed E-state index contributed by atoms with van der Waals surface area (Å²) in [6, 6.07) is 16.0. The lowest BCUT2D eigenvalue weighted by Gasteiger charge is -2.11. The van der Waals surface area contributed by atoms with E-state index in [1.165, 1.54) is 16.3 Å². The normalized spacial score (nSPS) is 10.8. The zero-order valence-electron chi connectivity index (χ0n) is 12.5. The molecule has 0 saturated heterocycles. The third kappa shape index (κ3) is 2.33. The Kier molecular flexibility index (Phi) is 3.30. The lowest BCUT2D eigenvalue weighted by atomic mass is 9.98. The number of hydrogen-bond donors (Lipinski definition) is 0. The number of aryl methyl sites for hydroxylation is 2. The van der Waals surface area contributed by atoms with Gasteiger partial charge in [-0.3, -0.25) is 9.78 Å². The molecular formula is C19H17NO. The summed E-state index contributed by atoms with van der Waals surface area (Å²) in [6.07, 6.45) is 0. The molecule has 21 heavy (non-hydrogen) atoms. The Morgan fingerprint density at radius 1 is 0.905 bits per heavy atom. The predicted octanol–water partition coefficient (Wildman–Crippen LogP) is 4.72. The Hall–Kier alpha value is -2.48. The van der Waals surface area contributed by atoms with E-state index in [-0.39, 0.29) is 5.78 Å². The van der Waals surface area contributed by atoms with Crippen LogP contribution in [0.15, 0.2) is 48.5 Å². The summed E-state index contributed by atoms with van der Waals surface area (Å²) in [5, 5.41) is 2.43. The molecule has 0 fully saturated rings. The molecule has 1 aromatic heterocycles. The van der Waals surface area contributed by atoms with E-state index < -0.39 is 0 Å². The minimum atomic E-state index is 0.0842. The molecule has 3 aromatic rings. The van der Waals surface area contributed by atoms with Crippen LogP contribution in [0.2, 0.25) is 0 Å². The fourth-order valence-electron chi connectivity index (χ4n) is 2.71. The van der Waals surface area contributed by atoms with E-state index in [2.05, 4.69) is 25.1 Å². The third-order valence-electron chi connectivity index (χ3n) is 3.92. The zero-order chi connectivity index (χ0) is 15.0. The van der Waals surface area contributed by atoms with Crippen molar-refractivity contribution in [2.75, 3.05) is 0 Å². The van der Waals surface area contributed by atoms with Crippen LogP contribution in [0.5, 0.6) is 0 Å². The lowest BCUT2D eigenvalue weighted by Crippen LogP contribution is -1.96. The van der Waals surface area contributed by atoms with Gasteiger partial charge in [-0.05, 0) is 31.7 Å². The van der Waals surface area contributed by atoms with Crippen molar-refractivity contribution in [1.82, 2.24) is 4.98 Å². The van der Waals surface area contributed by atoms with Gasteiger partial charge in [-0.25, -0.2) is 0 Å². The second-order valence-electron chi connectivity index (χ2n) is 5.35. The summed E-state index contributed by atoms with van der Waals surface area (Å²) in [5.74, 6) is 0.0842. The molecule has 104 valence electrons. The van der Waals surface area contributed by atoms with Crippen molar-refractivity contribution in [1.29, 1.82) is 0 Å². The Labute approximate surface area is 124 Å². The molecule has 0 amide bonds. The number of carbonyl (C=O) groups excluding carboxylic acids is 1. The summed E-state index contributed by atoms with van der Waals surface area (Å²) in [6.45, 7) is 5.72. The molecular weight excluding hydrogens is 258 g/mol. The van der Waals surface area contributed by atoms with Gasteiger partial charge < -0.3 is 0 Å². The summed E-state index contributed by atoms with van der Waals surface area (Å²) < 4.78 is 0. The van der Waals surface area contributed by atoms with Crippen molar-refractivity contribution in [2.24, 2.45) is 0 Å². The van der Waals surface area contributed by atoms with Gasteiger partial charge in [0.2, 0.25) is 0 Å². The fraction of sp³-hybridized carbons (Fsp3) is 0.158. The first-order valence-electron chi connectivity index (χ1n) is 7.05. The number of carbonyl (C=O) groups is 1. The van der Waals surface area contributed by atoms with Gasteiger partial charge in [-0.2, -0.15) is 0 Å². The van der Waals surface area contributed by atoms with E-state index in [1.807, 2.05) is 37.3 Å². The highest BCUT2D eigenvalue weighted by Crippen LogP contribution is 2.29. The van der Waals surface area contributed by atoms with Crippen LogP contribution in [0.1, 0.15) is 28.5 Å². The largest absolute Gasteiger partial charge is 0.295 e. The number of aromatic nitrogens is 1. The molecule has 0 unspecified atom stereocenters. The van der Waals surface area contributed by atoms with Crippen molar-refractivity contribution < 1.29 is 4.79 Å². The van der Waals surface area contributed by atoms with Crippen molar-refractivity contribution in [3.63, 3.8) is 0 Å². The monoisotopic (exact) mass is 275 g/mol. The number of nitrogens with zero attached hydrogens (tertiary/aromatic N) is 1. The zero-order valence-corrected chi connectivity index (χ0v) is 12.5. The van der Waals surface area contributed by atoms with Gasteiger partial charge in [0, 0.05) is 22.2 Å². The molecule has 0 bridgehead atoms. The highest BCUT2D eigenvalue weighted by Gasteiger charge is 2.10. The average molecular weight is 275 g/mol. The molecule has 3 rings (SSSR count). The molecule has 0 aliphatic heterocycles. The smallest absolute Gasteiger partial charge is 0.159 e. The molecule has 0 atom stereocenters. The molecule has 2 nitrogen and oxygen atoms in total. The second kappa shape index (κ2) is 5.13. The third-order valence-corrected chi connectivity index (χ3v) is 3.92. The first kappa shape index (κ1) is 13.5. The Bertz CT molecular complexity index is 832. The maximum atomic E-state index is 11.4. The first-order valence-corrected chi connectivity index (χ1v) is 7.05. The molecule has 2 heteroatoms. The van der Waals surface area contributed by atoms with E-state index in [9.17, 15) is 4.79 Å². The lowest BCUT2D eigenvalue weighted by molar-refractivity contribution is 0.101. The van der Waals surface area contributed by atoms with Crippen LogP contribution in [0.4, 0.5) is 0 Å². The Balaban J connectivity index is 2.20. The van der Waals surface area contributed by atoms with Gasteiger partial charge in [0.15, 0.2) is 5.78 Å². The molecule has 0 spiro atoms. The predicted molar refractivity (Wildman–Crippen MR) is 86.7 cm³/mol. The number of pyridine rings is 1. The summed E-state index contributed by atoms with van der Waals surface area (Å²) in [7, 11) is 0. The van der Waals surface area contributed by atoms with E-state index >= 15 is 0 Å².